The second kappa shape index (κ2) is 3.14. The smallest absolute Gasteiger partial charge is 0.126 e. The van der Waals surface area contributed by atoms with E-state index in [1.54, 1.807) is 10.9 Å². The van der Waals surface area contributed by atoms with Crippen molar-refractivity contribution in [1.82, 2.24) is 14.8 Å². The fourth-order valence-corrected chi connectivity index (χ4v) is 1.31. The molecule has 0 saturated heterocycles. The van der Waals surface area contributed by atoms with Gasteiger partial charge < -0.3 is 5.73 Å². The lowest BCUT2D eigenvalue weighted by molar-refractivity contribution is 0.768. The van der Waals surface area contributed by atoms with E-state index in [9.17, 15) is 0 Å². The van der Waals surface area contributed by atoms with Gasteiger partial charge in [0.25, 0.3) is 0 Å². The number of nitrogens with zero attached hydrogens (tertiary/aromatic N) is 3. The van der Waals surface area contributed by atoms with Crippen LogP contribution < -0.4 is 5.73 Å². The minimum absolute atomic E-state index is 0.581. The number of hydrogen-bond donors (Lipinski definition) is 1. The van der Waals surface area contributed by atoms with E-state index in [1.807, 2.05) is 32.4 Å². The molecule has 2 heterocycles. The van der Waals surface area contributed by atoms with Crippen LogP contribution in [0.25, 0.3) is 11.1 Å². The van der Waals surface area contributed by atoms with Gasteiger partial charge in [0.2, 0.25) is 0 Å². The first-order valence-corrected chi connectivity index (χ1v) is 4.38. The number of anilines is 1. The van der Waals surface area contributed by atoms with Gasteiger partial charge in [-0.2, -0.15) is 5.10 Å². The molecule has 0 spiro atoms. The summed E-state index contributed by atoms with van der Waals surface area (Å²) >= 11 is 0. The number of aromatic nitrogens is 3. The Bertz CT molecular complexity index is 459. The van der Waals surface area contributed by atoms with Crippen LogP contribution in [-0.2, 0) is 7.05 Å². The van der Waals surface area contributed by atoms with Gasteiger partial charge in [-0.05, 0) is 18.6 Å². The molecule has 0 aromatic carbocycles. The Morgan fingerprint density at radius 2 is 2.07 bits per heavy atom. The predicted octanol–water partition coefficient (Wildman–Crippen LogP) is 1.37. The molecule has 4 nitrogen and oxygen atoms in total. The summed E-state index contributed by atoms with van der Waals surface area (Å²) in [5.41, 5.74) is 8.74. The lowest BCUT2D eigenvalue weighted by Gasteiger charge is -2.01. The van der Waals surface area contributed by atoms with Gasteiger partial charge in [0.15, 0.2) is 0 Å². The highest BCUT2D eigenvalue weighted by molar-refractivity contribution is 5.63. The third-order valence-electron chi connectivity index (χ3n) is 2.16. The summed E-state index contributed by atoms with van der Waals surface area (Å²) in [6.07, 6.45) is 5.53. The molecule has 2 aromatic heterocycles. The normalized spacial score (nSPS) is 10.4. The monoisotopic (exact) mass is 188 g/mol. The topological polar surface area (TPSA) is 56.7 Å². The van der Waals surface area contributed by atoms with Gasteiger partial charge in [-0.3, -0.25) is 4.68 Å². The maximum Gasteiger partial charge on any atom is 0.126 e. The first-order valence-electron chi connectivity index (χ1n) is 4.38. The second-order valence-electron chi connectivity index (χ2n) is 3.33. The molecule has 14 heavy (non-hydrogen) atoms. The number of nitrogens with two attached hydrogens (primary N) is 1. The average molecular weight is 188 g/mol. The average Bonchev–Trinajstić information content (AvgIpc) is 2.57. The molecular formula is C10H12N4. The molecule has 0 amide bonds. The van der Waals surface area contributed by atoms with E-state index in [-0.39, 0.29) is 0 Å². The first kappa shape index (κ1) is 8.74. The van der Waals surface area contributed by atoms with E-state index in [1.165, 1.54) is 0 Å². The van der Waals surface area contributed by atoms with Crippen molar-refractivity contribution >= 4 is 5.82 Å². The van der Waals surface area contributed by atoms with Crippen LogP contribution in [0.5, 0.6) is 0 Å². The van der Waals surface area contributed by atoms with Crippen molar-refractivity contribution in [2.24, 2.45) is 7.05 Å². The van der Waals surface area contributed by atoms with Crippen molar-refractivity contribution in [2.75, 3.05) is 5.73 Å². The molecule has 0 saturated carbocycles. The van der Waals surface area contributed by atoms with Gasteiger partial charge in [-0.25, -0.2) is 4.98 Å². The quantitative estimate of drug-likeness (QED) is 0.735. The molecule has 2 N–H and O–H groups in total. The van der Waals surface area contributed by atoms with Crippen LogP contribution in [0.4, 0.5) is 5.82 Å². The highest BCUT2D eigenvalue weighted by atomic mass is 15.2. The summed E-state index contributed by atoms with van der Waals surface area (Å²) in [7, 11) is 1.89. The van der Waals surface area contributed by atoms with Crippen LogP contribution in [0.1, 0.15) is 5.56 Å². The maximum atomic E-state index is 5.64. The minimum atomic E-state index is 0.581. The summed E-state index contributed by atoms with van der Waals surface area (Å²) in [5, 5.41) is 4.10. The number of nitrogen functional groups attached to an aromatic ring is 1. The third-order valence-corrected chi connectivity index (χ3v) is 2.16. The van der Waals surface area contributed by atoms with Crippen molar-refractivity contribution in [3.05, 3.63) is 30.2 Å². The highest BCUT2D eigenvalue weighted by Gasteiger charge is 2.02. The van der Waals surface area contributed by atoms with Crippen molar-refractivity contribution in [3.63, 3.8) is 0 Å². The highest BCUT2D eigenvalue weighted by Crippen LogP contribution is 2.20. The fraction of sp³-hybridized carbons (Fsp3) is 0.200. The molecular weight excluding hydrogens is 176 g/mol. The summed E-state index contributed by atoms with van der Waals surface area (Å²) in [5.74, 6) is 0.581. The SMILES string of the molecule is Cc1cc(-c2cnn(C)c2)cnc1N. The fourth-order valence-electron chi connectivity index (χ4n) is 1.31. The molecule has 2 rings (SSSR count). The Balaban J connectivity index is 2.47. The van der Waals surface area contributed by atoms with Crippen LogP contribution >= 0.6 is 0 Å². The Labute approximate surface area is 82.4 Å². The van der Waals surface area contributed by atoms with E-state index in [4.69, 9.17) is 5.73 Å². The standard InChI is InChI=1S/C10H12N4/c1-7-3-8(4-12-10(7)11)9-5-13-14(2)6-9/h3-6H,1-2H3,(H2,11,12). The Kier molecular flexibility index (Phi) is 1.96. The molecule has 0 unspecified atom stereocenters. The van der Waals surface area contributed by atoms with Gasteiger partial charge >= 0.3 is 0 Å². The van der Waals surface area contributed by atoms with E-state index in [2.05, 4.69) is 10.1 Å². The van der Waals surface area contributed by atoms with Crippen LogP contribution in [0.3, 0.4) is 0 Å². The Morgan fingerprint density at radius 1 is 1.29 bits per heavy atom. The van der Waals surface area contributed by atoms with Crippen molar-refractivity contribution in [1.29, 1.82) is 0 Å². The van der Waals surface area contributed by atoms with Gasteiger partial charge in [-0.1, -0.05) is 0 Å². The zero-order valence-electron chi connectivity index (χ0n) is 8.23. The van der Waals surface area contributed by atoms with E-state index >= 15 is 0 Å². The summed E-state index contributed by atoms with van der Waals surface area (Å²) in [6, 6.07) is 2.01. The van der Waals surface area contributed by atoms with E-state index < -0.39 is 0 Å². The molecule has 0 aliphatic rings. The number of hydrogen-bond acceptors (Lipinski definition) is 3. The van der Waals surface area contributed by atoms with Crippen LogP contribution in [-0.4, -0.2) is 14.8 Å². The van der Waals surface area contributed by atoms with Gasteiger partial charge in [0, 0.05) is 30.6 Å². The van der Waals surface area contributed by atoms with Crippen LogP contribution in [0, 0.1) is 6.92 Å². The third kappa shape index (κ3) is 1.46. The van der Waals surface area contributed by atoms with Crippen molar-refractivity contribution in [2.45, 2.75) is 6.92 Å². The second-order valence-corrected chi connectivity index (χ2v) is 3.33. The molecule has 0 aliphatic carbocycles. The van der Waals surface area contributed by atoms with E-state index in [0.717, 1.165) is 16.7 Å². The summed E-state index contributed by atoms with van der Waals surface area (Å²) in [4.78, 5) is 4.11. The van der Waals surface area contributed by atoms with Gasteiger partial charge in [0.05, 0.1) is 6.20 Å². The van der Waals surface area contributed by atoms with Crippen molar-refractivity contribution < 1.29 is 0 Å². The lowest BCUT2D eigenvalue weighted by atomic mass is 10.1. The number of pyridine rings is 1. The van der Waals surface area contributed by atoms with E-state index in [0.29, 0.717) is 5.82 Å². The van der Waals surface area contributed by atoms with Crippen LogP contribution in [0.15, 0.2) is 24.7 Å². The minimum Gasteiger partial charge on any atom is -0.383 e. The van der Waals surface area contributed by atoms with Gasteiger partial charge in [-0.15, -0.1) is 0 Å². The molecule has 0 radical (unpaired) electrons. The van der Waals surface area contributed by atoms with Crippen molar-refractivity contribution in [3.8, 4) is 11.1 Å². The zero-order chi connectivity index (χ0) is 10.1. The lowest BCUT2D eigenvalue weighted by Crippen LogP contribution is -1.93. The molecule has 4 heteroatoms. The molecule has 0 aliphatic heterocycles. The molecule has 72 valence electrons. The van der Waals surface area contributed by atoms with Crippen LogP contribution in [0.2, 0.25) is 0 Å². The molecule has 0 bridgehead atoms. The summed E-state index contributed by atoms with van der Waals surface area (Å²) < 4.78 is 1.76. The van der Waals surface area contributed by atoms with Gasteiger partial charge in [0.1, 0.15) is 5.82 Å². The largest absolute Gasteiger partial charge is 0.383 e. The summed E-state index contributed by atoms with van der Waals surface area (Å²) in [6.45, 7) is 1.95. The number of aryl methyl sites for hydroxylation is 2. The molecule has 2 aromatic rings. The first-order chi connectivity index (χ1) is 6.66. The molecule has 0 atom stereocenters. The number of rotatable bonds is 1. The Morgan fingerprint density at radius 3 is 2.64 bits per heavy atom. The molecule has 0 fully saturated rings. The Hall–Kier alpha value is -1.84. The predicted molar refractivity (Wildman–Crippen MR) is 55.6 cm³/mol. The zero-order valence-corrected chi connectivity index (χ0v) is 8.23. The maximum absolute atomic E-state index is 5.64.